The van der Waals surface area contributed by atoms with Gasteiger partial charge in [-0.15, -0.1) is 0 Å². The maximum absolute atomic E-state index is 9.56. The molecule has 0 aromatic carbocycles. The van der Waals surface area contributed by atoms with Crippen molar-refractivity contribution in [2.75, 3.05) is 6.54 Å². The van der Waals surface area contributed by atoms with E-state index in [-0.39, 0.29) is 0 Å². The average Bonchev–Trinajstić information content (AvgIpc) is 2.20. The third-order valence-corrected chi connectivity index (χ3v) is 2.52. The summed E-state index contributed by atoms with van der Waals surface area (Å²) in [6.45, 7) is 1.05. The predicted octanol–water partition coefficient (Wildman–Crippen LogP) is 1.60. The Bertz CT molecular complexity index is 282. The van der Waals surface area contributed by atoms with Crippen LogP contribution >= 0.6 is 0 Å². The summed E-state index contributed by atoms with van der Waals surface area (Å²) < 4.78 is 0. The first kappa shape index (κ1) is 8.51. The Kier molecular flexibility index (Phi) is 2.45. The lowest BCUT2D eigenvalue weighted by Gasteiger charge is -2.24. The van der Waals surface area contributed by atoms with Crippen molar-refractivity contribution < 1.29 is 5.11 Å². The molecule has 1 fully saturated rings. The van der Waals surface area contributed by atoms with Crippen molar-refractivity contribution in [1.82, 2.24) is 10.3 Å². The van der Waals surface area contributed by atoms with Crippen molar-refractivity contribution in [3.63, 3.8) is 0 Å². The zero-order valence-electron chi connectivity index (χ0n) is 7.53. The van der Waals surface area contributed by atoms with Gasteiger partial charge in [-0.25, -0.2) is 0 Å². The lowest BCUT2D eigenvalue weighted by Crippen LogP contribution is -2.26. The Morgan fingerprint density at radius 2 is 2.38 bits per heavy atom. The Labute approximate surface area is 77.8 Å². The Balaban J connectivity index is 2.18. The topological polar surface area (TPSA) is 45.2 Å². The standard InChI is InChI=1S/C10H14N2O/c13-10-7-11-6-4-8(10)9-3-1-2-5-12-9/h4,6-7,9,12-13H,1-3,5H2. The van der Waals surface area contributed by atoms with E-state index in [0.717, 1.165) is 18.5 Å². The minimum atomic E-state index is 0.307. The molecule has 0 saturated carbocycles. The molecule has 70 valence electrons. The molecule has 1 aliphatic rings. The first-order valence-corrected chi connectivity index (χ1v) is 4.74. The number of hydrogen-bond acceptors (Lipinski definition) is 3. The van der Waals surface area contributed by atoms with E-state index in [2.05, 4.69) is 10.3 Å². The van der Waals surface area contributed by atoms with E-state index in [1.165, 1.54) is 19.0 Å². The van der Waals surface area contributed by atoms with E-state index in [9.17, 15) is 5.11 Å². The number of aromatic nitrogens is 1. The third-order valence-electron chi connectivity index (χ3n) is 2.52. The van der Waals surface area contributed by atoms with E-state index < -0.39 is 0 Å². The van der Waals surface area contributed by atoms with Crippen LogP contribution in [0.15, 0.2) is 18.5 Å². The highest BCUT2D eigenvalue weighted by Gasteiger charge is 2.17. The molecule has 0 aliphatic carbocycles. The van der Waals surface area contributed by atoms with Gasteiger partial charge in [-0.2, -0.15) is 0 Å². The van der Waals surface area contributed by atoms with Gasteiger partial charge in [0.2, 0.25) is 0 Å². The molecule has 1 atom stereocenters. The number of piperidine rings is 1. The minimum absolute atomic E-state index is 0.307. The lowest BCUT2D eigenvalue weighted by atomic mass is 9.98. The fourth-order valence-electron chi connectivity index (χ4n) is 1.81. The van der Waals surface area contributed by atoms with Crippen LogP contribution < -0.4 is 5.32 Å². The molecule has 2 rings (SSSR count). The predicted molar refractivity (Wildman–Crippen MR) is 50.5 cm³/mol. The second-order valence-corrected chi connectivity index (χ2v) is 3.44. The Morgan fingerprint density at radius 1 is 1.46 bits per heavy atom. The first-order chi connectivity index (χ1) is 6.38. The first-order valence-electron chi connectivity index (χ1n) is 4.74. The highest BCUT2D eigenvalue weighted by Crippen LogP contribution is 2.28. The van der Waals surface area contributed by atoms with Gasteiger partial charge in [-0.1, -0.05) is 6.42 Å². The second kappa shape index (κ2) is 3.75. The van der Waals surface area contributed by atoms with Gasteiger partial charge < -0.3 is 10.4 Å². The molecule has 0 spiro atoms. The molecule has 0 amide bonds. The maximum atomic E-state index is 9.56. The molecule has 2 heterocycles. The quantitative estimate of drug-likeness (QED) is 0.686. The van der Waals surface area contributed by atoms with E-state index in [1.807, 2.05) is 6.07 Å². The highest BCUT2D eigenvalue weighted by atomic mass is 16.3. The van der Waals surface area contributed by atoms with Crippen molar-refractivity contribution in [2.24, 2.45) is 0 Å². The summed E-state index contributed by atoms with van der Waals surface area (Å²) in [5, 5.41) is 12.9. The van der Waals surface area contributed by atoms with Crippen molar-refractivity contribution in [2.45, 2.75) is 25.3 Å². The number of pyridine rings is 1. The molecule has 13 heavy (non-hydrogen) atoms. The molecule has 1 aromatic rings. The van der Waals surface area contributed by atoms with E-state index in [0.29, 0.717) is 11.8 Å². The molecular weight excluding hydrogens is 164 g/mol. The monoisotopic (exact) mass is 178 g/mol. The lowest BCUT2D eigenvalue weighted by molar-refractivity contribution is 0.390. The number of nitrogens with zero attached hydrogens (tertiary/aromatic N) is 1. The summed E-state index contributed by atoms with van der Waals surface area (Å²) in [6, 6.07) is 2.20. The largest absolute Gasteiger partial charge is 0.506 e. The fourth-order valence-corrected chi connectivity index (χ4v) is 1.81. The van der Waals surface area contributed by atoms with Gasteiger partial charge >= 0.3 is 0 Å². The van der Waals surface area contributed by atoms with Gasteiger partial charge in [0.15, 0.2) is 0 Å². The number of hydrogen-bond donors (Lipinski definition) is 2. The van der Waals surface area contributed by atoms with Crippen LogP contribution in [-0.2, 0) is 0 Å². The second-order valence-electron chi connectivity index (χ2n) is 3.44. The van der Waals surface area contributed by atoms with Crippen molar-refractivity contribution in [1.29, 1.82) is 0 Å². The number of aromatic hydroxyl groups is 1. The van der Waals surface area contributed by atoms with Crippen LogP contribution in [0, 0.1) is 0 Å². The average molecular weight is 178 g/mol. The molecule has 1 aliphatic heterocycles. The van der Waals surface area contributed by atoms with Crippen molar-refractivity contribution in [3.8, 4) is 5.75 Å². The molecule has 3 heteroatoms. The summed E-state index contributed by atoms with van der Waals surface area (Å²) in [5.41, 5.74) is 0.981. The smallest absolute Gasteiger partial charge is 0.138 e. The Hall–Kier alpha value is -1.09. The van der Waals surface area contributed by atoms with Crippen LogP contribution in [-0.4, -0.2) is 16.6 Å². The van der Waals surface area contributed by atoms with Crippen LogP contribution in [0.25, 0.3) is 0 Å². The molecule has 1 saturated heterocycles. The number of rotatable bonds is 1. The van der Waals surface area contributed by atoms with Crippen molar-refractivity contribution in [3.05, 3.63) is 24.0 Å². The van der Waals surface area contributed by atoms with Crippen LogP contribution in [0.2, 0.25) is 0 Å². The minimum Gasteiger partial charge on any atom is -0.506 e. The summed E-state index contributed by atoms with van der Waals surface area (Å²) in [5.74, 6) is 0.307. The molecule has 0 bridgehead atoms. The normalized spacial score (nSPS) is 22.9. The fraction of sp³-hybridized carbons (Fsp3) is 0.500. The van der Waals surface area contributed by atoms with Crippen LogP contribution in [0.1, 0.15) is 30.9 Å². The van der Waals surface area contributed by atoms with E-state index >= 15 is 0 Å². The summed E-state index contributed by atoms with van der Waals surface area (Å²) in [4.78, 5) is 3.86. The van der Waals surface area contributed by atoms with Crippen LogP contribution in [0.3, 0.4) is 0 Å². The molecule has 2 N–H and O–H groups in total. The summed E-state index contributed by atoms with van der Waals surface area (Å²) >= 11 is 0. The third kappa shape index (κ3) is 1.80. The van der Waals surface area contributed by atoms with Crippen molar-refractivity contribution >= 4 is 0 Å². The Morgan fingerprint density at radius 3 is 3.08 bits per heavy atom. The van der Waals surface area contributed by atoms with Gasteiger partial charge in [0.05, 0.1) is 6.20 Å². The zero-order chi connectivity index (χ0) is 9.10. The van der Waals surface area contributed by atoms with Gasteiger partial charge in [0, 0.05) is 17.8 Å². The zero-order valence-corrected chi connectivity index (χ0v) is 7.53. The van der Waals surface area contributed by atoms with E-state index in [4.69, 9.17) is 0 Å². The van der Waals surface area contributed by atoms with Gasteiger partial charge in [0.25, 0.3) is 0 Å². The van der Waals surface area contributed by atoms with Gasteiger partial charge in [0.1, 0.15) is 5.75 Å². The SMILES string of the molecule is Oc1cnccc1C1CCCCN1. The molecule has 1 aromatic heterocycles. The molecule has 0 radical (unpaired) electrons. The van der Waals surface area contributed by atoms with Gasteiger partial charge in [-0.05, 0) is 25.5 Å². The highest BCUT2D eigenvalue weighted by molar-refractivity contribution is 5.31. The van der Waals surface area contributed by atoms with Crippen LogP contribution in [0.4, 0.5) is 0 Å². The summed E-state index contributed by atoms with van der Waals surface area (Å²) in [6.07, 6.45) is 6.82. The van der Waals surface area contributed by atoms with Crippen LogP contribution in [0.5, 0.6) is 5.75 Å². The molecule has 3 nitrogen and oxygen atoms in total. The molecular formula is C10H14N2O. The maximum Gasteiger partial charge on any atom is 0.138 e. The van der Waals surface area contributed by atoms with Gasteiger partial charge in [-0.3, -0.25) is 4.98 Å². The molecule has 1 unspecified atom stereocenters. The number of nitrogens with one attached hydrogen (secondary N) is 1. The summed E-state index contributed by atoms with van der Waals surface area (Å²) in [7, 11) is 0. The van der Waals surface area contributed by atoms with E-state index in [1.54, 1.807) is 6.20 Å².